The van der Waals surface area contributed by atoms with Crippen LogP contribution in [0.2, 0.25) is 0 Å². The molecule has 122 valence electrons. The summed E-state index contributed by atoms with van der Waals surface area (Å²) in [6.07, 6.45) is 1.08. The van der Waals surface area contributed by atoms with Gasteiger partial charge in [0.2, 0.25) is 5.91 Å². The van der Waals surface area contributed by atoms with Crippen molar-refractivity contribution in [3.05, 3.63) is 35.9 Å². The molecule has 0 spiro atoms. The SMILES string of the molecule is CCCNC(=O)C(NC(=O)OCc1ccccc1)C(C)CC. The zero-order valence-electron chi connectivity index (χ0n) is 13.6. The van der Waals surface area contributed by atoms with Crippen molar-refractivity contribution in [3.63, 3.8) is 0 Å². The average molecular weight is 306 g/mol. The second-order valence-corrected chi connectivity index (χ2v) is 5.36. The molecular weight excluding hydrogens is 280 g/mol. The number of carbonyl (C=O) groups excluding carboxylic acids is 2. The summed E-state index contributed by atoms with van der Waals surface area (Å²) in [6.45, 7) is 6.71. The zero-order valence-corrected chi connectivity index (χ0v) is 13.6. The van der Waals surface area contributed by atoms with Gasteiger partial charge in [-0.3, -0.25) is 4.79 Å². The van der Waals surface area contributed by atoms with E-state index in [-0.39, 0.29) is 18.4 Å². The molecule has 0 aliphatic heterocycles. The highest BCUT2D eigenvalue weighted by atomic mass is 16.5. The number of hydrogen-bond donors (Lipinski definition) is 2. The first-order valence-corrected chi connectivity index (χ1v) is 7.83. The summed E-state index contributed by atoms with van der Waals surface area (Å²) in [4.78, 5) is 24.0. The second-order valence-electron chi connectivity index (χ2n) is 5.36. The summed E-state index contributed by atoms with van der Waals surface area (Å²) >= 11 is 0. The van der Waals surface area contributed by atoms with Gasteiger partial charge in [-0.05, 0) is 17.9 Å². The van der Waals surface area contributed by atoms with Crippen LogP contribution in [0, 0.1) is 5.92 Å². The quantitative estimate of drug-likeness (QED) is 0.776. The van der Waals surface area contributed by atoms with Gasteiger partial charge < -0.3 is 15.4 Å². The van der Waals surface area contributed by atoms with Gasteiger partial charge in [0, 0.05) is 6.54 Å². The molecule has 5 heteroatoms. The van der Waals surface area contributed by atoms with Crippen LogP contribution < -0.4 is 10.6 Å². The van der Waals surface area contributed by atoms with Crippen molar-refractivity contribution >= 4 is 12.0 Å². The summed E-state index contributed by atoms with van der Waals surface area (Å²) in [5, 5.41) is 5.49. The van der Waals surface area contributed by atoms with Gasteiger partial charge >= 0.3 is 6.09 Å². The lowest BCUT2D eigenvalue weighted by molar-refractivity contribution is -0.124. The van der Waals surface area contributed by atoms with Crippen molar-refractivity contribution in [2.45, 2.75) is 46.3 Å². The minimum absolute atomic E-state index is 0.0427. The van der Waals surface area contributed by atoms with Crippen LogP contribution in [0.4, 0.5) is 4.79 Å². The van der Waals surface area contributed by atoms with Crippen molar-refractivity contribution in [2.75, 3.05) is 6.54 Å². The summed E-state index contributed by atoms with van der Waals surface area (Å²) in [5.74, 6) is -0.117. The summed E-state index contributed by atoms with van der Waals surface area (Å²) in [5.41, 5.74) is 0.910. The Morgan fingerprint density at radius 3 is 2.45 bits per heavy atom. The molecule has 0 saturated carbocycles. The molecule has 2 N–H and O–H groups in total. The van der Waals surface area contributed by atoms with Gasteiger partial charge in [0.05, 0.1) is 0 Å². The Kier molecular flexibility index (Phi) is 8.04. The molecule has 2 unspecified atom stereocenters. The number of rotatable bonds is 8. The van der Waals surface area contributed by atoms with E-state index in [9.17, 15) is 9.59 Å². The Balaban J connectivity index is 2.53. The highest BCUT2D eigenvalue weighted by molar-refractivity contribution is 5.85. The molecule has 1 rings (SSSR count). The molecule has 0 aromatic heterocycles. The van der Waals surface area contributed by atoms with E-state index in [2.05, 4.69) is 10.6 Å². The van der Waals surface area contributed by atoms with Crippen molar-refractivity contribution in [1.82, 2.24) is 10.6 Å². The van der Waals surface area contributed by atoms with Crippen LogP contribution in [0.25, 0.3) is 0 Å². The predicted molar refractivity (Wildman–Crippen MR) is 86.3 cm³/mol. The van der Waals surface area contributed by atoms with Crippen LogP contribution in [0.1, 0.15) is 39.2 Å². The largest absolute Gasteiger partial charge is 0.445 e. The van der Waals surface area contributed by atoms with Crippen LogP contribution in [0.3, 0.4) is 0 Å². The fourth-order valence-corrected chi connectivity index (χ4v) is 1.95. The molecule has 2 amide bonds. The molecule has 2 atom stereocenters. The minimum atomic E-state index is -0.570. The van der Waals surface area contributed by atoms with Crippen LogP contribution in [0.5, 0.6) is 0 Å². The lowest BCUT2D eigenvalue weighted by Crippen LogP contribution is -2.50. The van der Waals surface area contributed by atoms with E-state index in [0.29, 0.717) is 6.54 Å². The van der Waals surface area contributed by atoms with Crippen molar-refractivity contribution in [2.24, 2.45) is 5.92 Å². The summed E-state index contributed by atoms with van der Waals surface area (Å²) in [6, 6.07) is 8.87. The third-order valence-corrected chi connectivity index (χ3v) is 3.53. The predicted octanol–water partition coefficient (Wildman–Crippen LogP) is 2.85. The number of alkyl carbamates (subject to hydrolysis) is 1. The molecule has 0 heterocycles. The monoisotopic (exact) mass is 306 g/mol. The molecule has 0 fully saturated rings. The number of nitrogens with one attached hydrogen (secondary N) is 2. The van der Waals surface area contributed by atoms with Gasteiger partial charge in [-0.1, -0.05) is 57.5 Å². The normalized spacial score (nSPS) is 13.0. The minimum Gasteiger partial charge on any atom is -0.445 e. The lowest BCUT2D eigenvalue weighted by Gasteiger charge is -2.23. The average Bonchev–Trinajstić information content (AvgIpc) is 2.55. The molecule has 0 aliphatic rings. The smallest absolute Gasteiger partial charge is 0.408 e. The van der Waals surface area contributed by atoms with E-state index in [1.165, 1.54) is 0 Å². The first kappa shape index (κ1) is 18.0. The zero-order chi connectivity index (χ0) is 16.4. The maximum Gasteiger partial charge on any atom is 0.408 e. The molecule has 0 aliphatic carbocycles. The third-order valence-electron chi connectivity index (χ3n) is 3.53. The first-order chi connectivity index (χ1) is 10.6. The topological polar surface area (TPSA) is 67.4 Å². The van der Waals surface area contributed by atoms with E-state index >= 15 is 0 Å². The molecule has 1 aromatic carbocycles. The van der Waals surface area contributed by atoms with E-state index in [0.717, 1.165) is 18.4 Å². The van der Waals surface area contributed by atoms with Crippen molar-refractivity contribution in [3.8, 4) is 0 Å². The molecule has 5 nitrogen and oxygen atoms in total. The highest BCUT2D eigenvalue weighted by Gasteiger charge is 2.26. The fraction of sp³-hybridized carbons (Fsp3) is 0.529. The Hall–Kier alpha value is -2.04. The number of amides is 2. The van der Waals surface area contributed by atoms with Crippen LogP contribution in [-0.2, 0) is 16.1 Å². The van der Waals surface area contributed by atoms with E-state index in [1.54, 1.807) is 0 Å². The maximum atomic E-state index is 12.1. The van der Waals surface area contributed by atoms with E-state index < -0.39 is 12.1 Å². The molecule has 0 radical (unpaired) electrons. The molecule has 1 aromatic rings. The van der Waals surface area contributed by atoms with Gasteiger partial charge in [-0.2, -0.15) is 0 Å². The van der Waals surface area contributed by atoms with Crippen molar-refractivity contribution in [1.29, 1.82) is 0 Å². The van der Waals surface area contributed by atoms with Gasteiger partial charge in [0.25, 0.3) is 0 Å². The summed E-state index contributed by atoms with van der Waals surface area (Å²) < 4.78 is 5.18. The Morgan fingerprint density at radius 1 is 1.18 bits per heavy atom. The van der Waals surface area contributed by atoms with E-state index in [1.807, 2.05) is 51.1 Å². The van der Waals surface area contributed by atoms with Crippen LogP contribution >= 0.6 is 0 Å². The first-order valence-electron chi connectivity index (χ1n) is 7.83. The lowest BCUT2D eigenvalue weighted by atomic mass is 9.98. The van der Waals surface area contributed by atoms with Gasteiger partial charge in [0.15, 0.2) is 0 Å². The van der Waals surface area contributed by atoms with Gasteiger partial charge in [-0.15, -0.1) is 0 Å². The van der Waals surface area contributed by atoms with Gasteiger partial charge in [0.1, 0.15) is 12.6 Å². The Bertz CT molecular complexity index is 462. The highest BCUT2D eigenvalue weighted by Crippen LogP contribution is 2.09. The molecule has 0 bridgehead atoms. The number of hydrogen-bond acceptors (Lipinski definition) is 3. The third kappa shape index (κ3) is 6.16. The Labute approximate surface area is 132 Å². The molecular formula is C17H26N2O3. The van der Waals surface area contributed by atoms with Crippen molar-refractivity contribution < 1.29 is 14.3 Å². The molecule has 22 heavy (non-hydrogen) atoms. The number of ether oxygens (including phenoxy) is 1. The van der Waals surface area contributed by atoms with Crippen LogP contribution in [-0.4, -0.2) is 24.6 Å². The maximum absolute atomic E-state index is 12.1. The van der Waals surface area contributed by atoms with Crippen LogP contribution in [0.15, 0.2) is 30.3 Å². The number of carbonyl (C=O) groups is 2. The standard InChI is InChI=1S/C17H26N2O3/c1-4-11-18-16(20)15(13(3)5-2)19-17(21)22-12-14-9-7-6-8-10-14/h6-10,13,15H,4-5,11-12H2,1-3H3,(H,18,20)(H,19,21). The van der Waals surface area contributed by atoms with E-state index in [4.69, 9.17) is 4.74 Å². The number of benzene rings is 1. The fourth-order valence-electron chi connectivity index (χ4n) is 1.95. The Morgan fingerprint density at radius 2 is 1.86 bits per heavy atom. The second kappa shape index (κ2) is 9.82. The summed E-state index contributed by atoms with van der Waals surface area (Å²) in [7, 11) is 0. The molecule has 0 saturated heterocycles. The van der Waals surface area contributed by atoms with Gasteiger partial charge in [-0.25, -0.2) is 4.79 Å².